The maximum absolute atomic E-state index is 12.2. The van der Waals surface area contributed by atoms with E-state index >= 15 is 0 Å². The summed E-state index contributed by atoms with van der Waals surface area (Å²) < 4.78 is 5.39. The van der Waals surface area contributed by atoms with Crippen molar-refractivity contribution < 1.29 is 14.6 Å². The van der Waals surface area contributed by atoms with Crippen molar-refractivity contribution >= 4 is 11.7 Å². The first-order chi connectivity index (χ1) is 10.1. The van der Waals surface area contributed by atoms with Gasteiger partial charge in [-0.2, -0.15) is 0 Å². The molecule has 0 aliphatic carbocycles. The molecule has 2 amide bonds. The van der Waals surface area contributed by atoms with Gasteiger partial charge in [0.15, 0.2) is 0 Å². The molecule has 0 radical (unpaired) electrons. The summed E-state index contributed by atoms with van der Waals surface area (Å²) in [5.74, 6) is 0. The van der Waals surface area contributed by atoms with Crippen molar-refractivity contribution in [3.63, 3.8) is 0 Å². The first-order valence-corrected chi connectivity index (χ1v) is 7.46. The summed E-state index contributed by atoms with van der Waals surface area (Å²) >= 11 is 0. The van der Waals surface area contributed by atoms with E-state index in [1.807, 2.05) is 45.0 Å². The van der Waals surface area contributed by atoms with E-state index in [0.717, 1.165) is 11.3 Å². The summed E-state index contributed by atoms with van der Waals surface area (Å²) in [6.45, 7) is 6.83. The third-order valence-corrected chi connectivity index (χ3v) is 3.76. The number of nitrogens with one attached hydrogen (secondary N) is 2. The third-order valence-electron chi connectivity index (χ3n) is 3.76. The predicted molar refractivity (Wildman–Crippen MR) is 84.3 cm³/mol. The highest BCUT2D eigenvalue weighted by atomic mass is 16.5. The normalized spacial score (nSPS) is 11.2. The molecule has 0 aromatic heterocycles. The average molecular weight is 294 g/mol. The molecule has 0 fully saturated rings. The standard InChI is InChI=1S/C16H26N2O3/c1-4-16(5-2,12-19)18-15(20)17-14-10-8-7-9-13(14)11-21-6-3/h7-10,19H,4-6,11-12H2,1-3H3,(H2,17,18,20). The van der Waals surface area contributed by atoms with E-state index in [1.165, 1.54) is 0 Å². The second-order valence-corrected chi connectivity index (χ2v) is 5.02. The molecule has 5 nitrogen and oxygen atoms in total. The van der Waals surface area contributed by atoms with Crippen LogP contribution in [0, 0.1) is 0 Å². The topological polar surface area (TPSA) is 70.6 Å². The smallest absolute Gasteiger partial charge is 0.319 e. The minimum Gasteiger partial charge on any atom is -0.394 e. The van der Waals surface area contributed by atoms with Gasteiger partial charge in [0.1, 0.15) is 0 Å². The highest BCUT2D eigenvalue weighted by molar-refractivity contribution is 5.90. The Balaban J connectivity index is 2.74. The number of carbonyl (C=O) groups is 1. The Morgan fingerprint density at radius 1 is 1.24 bits per heavy atom. The maximum atomic E-state index is 12.2. The fourth-order valence-corrected chi connectivity index (χ4v) is 2.06. The summed E-state index contributed by atoms with van der Waals surface area (Å²) in [5.41, 5.74) is 1.08. The molecule has 118 valence electrons. The molecular formula is C16H26N2O3. The summed E-state index contributed by atoms with van der Waals surface area (Å²) in [4.78, 5) is 12.2. The van der Waals surface area contributed by atoms with Crippen molar-refractivity contribution in [2.45, 2.75) is 45.8 Å². The Morgan fingerprint density at radius 2 is 1.90 bits per heavy atom. The predicted octanol–water partition coefficient (Wildman–Crippen LogP) is 2.90. The lowest BCUT2D eigenvalue weighted by Crippen LogP contribution is -2.52. The Labute approximate surface area is 126 Å². The molecule has 1 rings (SSSR count). The van der Waals surface area contributed by atoms with Gasteiger partial charge in [0.25, 0.3) is 0 Å². The number of hydrogen-bond acceptors (Lipinski definition) is 3. The van der Waals surface area contributed by atoms with Gasteiger partial charge in [-0.3, -0.25) is 0 Å². The van der Waals surface area contributed by atoms with Gasteiger partial charge >= 0.3 is 6.03 Å². The largest absolute Gasteiger partial charge is 0.394 e. The highest BCUT2D eigenvalue weighted by Crippen LogP contribution is 2.18. The van der Waals surface area contributed by atoms with Gasteiger partial charge in [-0.1, -0.05) is 32.0 Å². The molecule has 0 spiro atoms. The molecule has 21 heavy (non-hydrogen) atoms. The maximum Gasteiger partial charge on any atom is 0.319 e. The number of carbonyl (C=O) groups excluding carboxylic acids is 1. The Hall–Kier alpha value is -1.59. The van der Waals surface area contributed by atoms with E-state index < -0.39 is 5.54 Å². The molecule has 5 heteroatoms. The van der Waals surface area contributed by atoms with Crippen LogP contribution < -0.4 is 10.6 Å². The minimum absolute atomic E-state index is 0.0754. The summed E-state index contributed by atoms with van der Waals surface area (Å²) in [7, 11) is 0. The lowest BCUT2D eigenvalue weighted by molar-refractivity contribution is 0.134. The Morgan fingerprint density at radius 3 is 2.48 bits per heavy atom. The van der Waals surface area contributed by atoms with Crippen LogP contribution >= 0.6 is 0 Å². The molecule has 0 unspecified atom stereocenters. The molecule has 1 aromatic rings. The highest BCUT2D eigenvalue weighted by Gasteiger charge is 2.27. The van der Waals surface area contributed by atoms with E-state index in [-0.39, 0.29) is 12.6 Å². The van der Waals surface area contributed by atoms with Gasteiger partial charge in [0.05, 0.1) is 18.8 Å². The van der Waals surface area contributed by atoms with Crippen LogP contribution in [-0.2, 0) is 11.3 Å². The van der Waals surface area contributed by atoms with Gasteiger partial charge in [-0.15, -0.1) is 0 Å². The van der Waals surface area contributed by atoms with Crippen molar-refractivity contribution in [2.75, 3.05) is 18.5 Å². The van der Waals surface area contributed by atoms with Crippen molar-refractivity contribution in [1.29, 1.82) is 0 Å². The number of aliphatic hydroxyl groups is 1. The van der Waals surface area contributed by atoms with Crippen LogP contribution in [0.4, 0.5) is 10.5 Å². The van der Waals surface area contributed by atoms with E-state index in [9.17, 15) is 9.90 Å². The van der Waals surface area contributed by atoms with Crippen LogP contribution in [0.25, 0.3) is 0 Å². The summed E-state index contributed by atoms with van der Waals surface area (Å²) in [6, 6.07) is 7.23. The number of hydrogen-bond donors (Lipinski definition) is 3. The van der Waals surface area contributed by atoms with Crippen LogP contribution in [-0.4, -0.2) is 29.9 Å². The molecule has 0 atom stereocenters. The van der Waals surface area contributed by atoms with E-state index in [0.29, 0.717) is 26.1 Å². The number of amides is 2. The van der Waals surface area contributed by atoms with Crippen LogP contribution in [0.15, 0.2) is 24.3 Å². The number of rotatable bonds is 8. The number of benzene rings is 1. The fourth-order valence-electron chi connectivity index (χ4n) is 2.06. The molecule has 0 heterocycles. The Kier molecular flexibility index (Phi) is 7.19. The number of para-hydroxylation sites is 1. The number of ether oxygens (including phenoxy) is 1. The van der Waals surface area contributed by atoms with Crippen LogP contribution in [0.3, 0.4) is 0 Å². The molecule has 1 aromatic carbocycles. The van der Waals surface area contributed by atoms with Gasteiger partial charge in [-0.05, 0) is 25.8 Å². The second kappa shape index (κ2) is 8.64. The third kappa shape index (κ3) is 5.02. The van der Waals surface area contributed by atoms with Crippen molar-refractivity contribution in [3.05, 3.63) is 29.8 Å². The van der Waals surface area contributed by atoms with Gasteiger partial charge < -0.3 is 20.5 Å². The van der Waals surface area contributed by atoms with E-state index in [1.54, 1.807) is 0 Å². The zero-order chi connectivity index (χ0) is 15.7. The Bertz CT molecular complexity index is 437. The SMILES string of the molecule is CCOCc1ccccc1NC(=O)NC(CC)(CC)CO. The molecule has 0 aliphatic heterocycles. The molecule has 0 bridgehead atoms. The van der Waals surface area contributed by atoms with Crippen molar-refractivity contribution in [2.24, 2.45) is 0 Å². The quantitative estimate of drug-likeness (QED) is 0.690. The second-order valence-electron chi connectivity index (χ2n) is 5.02. The molecule has 0 saturated heterocycles. The minimum atomic E-state index is -0.570. The number of aliphatic hydroxyl groups excluding tert-OH is 1. The monoisotopic (exact) mass is 294 g/mol. The zero-order valence-electron chi connectivity index (χ0n) is 13.1. The zero-order valence-corrected chi connectivity index (χ0v) is 13.1. The van der Waals surface area contributed by atoms with Gasteiger partial charge in [-0.25, -0.2) is 4.79 Å². The molecule has 3 N–H and O–H groups in total. The van der Waals surface area contributed by atoms with Gasteiger partial charge in [0.2, 0.25) is 0 Å². The van der Waals surface area contributed by atoms with Crippen LogP contribution in [0.2, 0.25) is 0 Å². The van der Waals surface area contributed by atoms with E-state index in [4.69, 9.17) is 4.74 Å². The van der Waals surface area contributed by atoms with Crippen LogP contribution in [0.1, 0.15) is 39.2 Å². The van der Waals surface area contributed by atoms with E-state index in [2.05, 4.69) is 10.6 Å². The number of anilines is 1. The average Bonchev–Trinajstić information content (AvgIpc) is 2.52. The number of urea groups is 1. The first-order valence-electron chi connectivity index (χ1n) is 7.46. The van der Waals surface area contributed by atoms with Gasteiger partial charge in [0, 0.05) is 17.9 Å². The first kappa shape index (κ1) is 17.5. The van der Waals surface area contributed by atoms with Crippen molar-refractivity contribution in [1.82, 2.24) is 5.32 Å². The lowest BCUT2D eigenvalue weighted by atomic mass is 9.94. The molecule has 0 aliphatic rings. The fraction of sp³-hybridized carbons (Fsp3) is 0.562. The molecule has 0 saturated carbocycles. The van der Waals surface area contributed by atoms with Crippen LogP contribution in [0.5, 0.6) is 0 Å². The molecular weight excluding hydrogens is 268 g/mol. The lowest BCUT2D eigenvalue weighted by Gasteiger charge is -2.30. The summed E-state index contributed by atoms with van der Waals surface area (Å²) in [5, 5.41) is 15.2. The van der Waals surface area contributed by atoms with Crippen molar-refractivity contribution in [3.8, 4) is 0 Å². The summed E-state index contributed by atoms with van der Waals surface area (Å²) in [6.07, 6.45) is 1.35.